The number of carboxylic acid groups (broad SMARTS) is 1. The SMILES string of the molecule is CC(=CC(=O)N1CCCC(CCC(=O)O)C1)c1ccccc1. The molecular formula is C18H23NO3. The zero-order valence-corrected chi connectivity index (χ0v) is 13.0. The van der Waals surface area contributed by atoms with E-state index in [0.717, 1.165) is 30.5 Å². The normalized spacial score (nSPS) is 19.0. The minimum atomic E-state index is -0.761. The van der Waals surface area contributed by atoms with Crippen LogP contribution in [-0.2, 0) is 9.59 Å². The minimum absolute atomic E-state index is 0.0291. The molecule has 118 valence electrons. The highest BCUT2D eigenvalue weighted by molar-refractivity contribution is 5.94. The zero-order chi connectivity index (χ0) is 15.9. The first-order valence-electron chi connectivity index (χ1n) is 7.80. The number of likely N-dealkylation sites (tertiary alicyclic amines) is 1. The van der Waals surface area contributed by atoms with Crippen LogP contribution in [0.25, 0.3) is 5.57 Å². The van der Waals surface area contributed by atoms with Gasteiger partial charge in [0.2, 0.25) is 5.91 Å². The van der Waals surface area contributed by atoms with E-state index in [2.05, 4.69) is 0 Å². The third-order valence-electron chi connectivity index (χ3n) is 4.17. The van der Waals surface area contributed by atoms with Crippen LogP contribution < -0.4 is 0 Å². The summed E-state index contributed by atoms with van der Waals surface area (Å²) in [4.78, 5) is 24.9. The van der Waals surface area contributed by atoms with E-state index in [0.29, 0.717) is 18.9 Å². The molecule has 1 atom stereocenters. The predicted molar refractivity (Wildman–Crippen MR) is 86.3 cm³/mol. The number of carbonyl (C=O) groups excluding carboxylic acids is 1. The number of rotatable bonds is 5. The largest absolute Gasteiger partial charge is 0.481 e. The molecule has 0 aliphatic carbocycles. The number of carbonyl (C=O) groups is 2. The number of piperidine rings is 1. The summed E-state index contributed by atoms with van der Waals surface area (Å²) >= 11 is 0. The monoisotopic (exact) mass is 301 g/mol. The van der Waals surface area contributed by atoms with Crippen molar-refractivity contribution in [3.8, 4) is 0 Å². The maximum atomic E-state index is 12.4. The standard InChI is InChI=1S/C18H23NO3/c1-14(16-7-3-2-4-8-16)12-17(20)19-11-5-6-15(13-19)9-10-18(21)22/h2-4,7-8,12,15H,5-6,9-11,13H2,1H3,(H,21,22). The molecule has 0 bridgehead atoms. The summed E-state index contributed by atoms with van der Waals surface area (Å²) < 4.78 is 0. The van der Waals surface area contributed by atoms with Crippen LogP contribution in [0.1, 0.15) is 38.2 Å². The number of carboxylic acids is 1. The Labute approximate surface area is 131 Å². The van der Waals surface area contributed by atoms with Crippen molar-refractivity contribution >= 4 is 17.4 Å². The second kappa shape index (κ2) is 7.78. The van der Waals surface area contributed by atoms with Gasteiger partial charge in [-0.25, -0.2) is 0 Å². The Morgan fingerprint density at radius 2 is 2.05 bits per heavy atom. The third kappa shape index (κ3) is 4.72. The Kier molecular flexibility index (Phi) is 5.75. The van der Waals surface area contributed by atoms with Gasteiger partial charge in [-0.2, -0.15) is 0 Å². The highest BCUT2D eigenvalue weighted by atomic mass is 16.4. The van der Waals surface area contributed by atoms with Crippen LogP contribution in [0.4, 0.5) is 0 Å². The predicted octanol–water partition coefficient (Wildman–Crippen LogP) is 3.19. The molecule has 22 heavy (non-hydrogen) atoms. The van der Waals surface area contributed by atoms with Crippen molar-refractivity contribution in [3.63, 3.8) is 0 Å². The molecule has 1 heterocycles. The van der Waals surface area contributed by atoms with Gasteiger partial charge in [0, 0.05) is 25.6 Å². The average molecular weight is 301 g/mol. The molecule has 1 aliphatic heterocycles. The highest BCUT2D eigenvalue weighted by Gasteiger charge is 2.23. The van der Waals surface area contributed by atoms with Crippen LogP contribution in [-0.4, -0.2) is 35.0 Å². The molecule has 0 saturated carbocycles. The lowest BCUT2D eigenvalue weighted by atomic mass is 9.93. The lowest BCUT2D eigenvalue weighted by Crippen LogP contribution is -2.39. The van der Waals surface area contributed by atoms with Crippen molar-refractivity contribution in [2.75, 3.05) is 13.1 Å². The molecule has 1 aromatic carbocycles. The lowest BCUT2D eigenvalue weighted by Gasteiger charge is -2.32. The van der Waals surface area contributed by atoms with E-state index in [-0.39, 0.29) is 12.3 Å². The fourth-order valence-electron chi connectivity index (χ4n) is 2.89. The van der Waals surface area contributed by atoms with Crippen LogP contribution in [0.3, 0.4) is 0 Å². The molecule has 1 unspecified atom stereocenters. The molecule has 1 aliphatic rings. The van der Waals surface area contributed by atoms with Gasteiger partial charge in [0.15, 0.2) is 0 Å². The van der Waals surface area contributed by atoms with Gasteiger partial charge >= 0.3 is 5.97 Å². The zero-order valence-electron chi connectivity index (χ0n) is 13.0. The van der Waals surface area contributed by atoms with Gasteiger partial charge in [-0.1, -0.05) is 30.3 Å². The Balaban J connectivity index is 1.95. The third-order valence-corrected chi connectivity index (χ3v) is 4.17. The Bertz CT molecular complexity index is 551. The number of aliphatic carboxylic acids is 1. The van der Waals surface area contributed by atoms with E-state index >= 15 is 0 Å². The number of hydrogen-bond donors (Lipinski definition) is 1. The smallest absolute Gasteiger partial charge is 0.303 e. The van der Waals surface area contributed by atoms with Gasteiger partial charge in [0.1, 0.15) is 0 Å². The Morgan fingerprint density at radius 1 is 1.32 bits per heavy atom. The van der Waals surface area contributed by atoms with E-state index in [1.165, 1.54) is 0 Å². The lowest BCUT2D eigenvalue weighted by molar-refractivity contribution is -0.137. The Hall–Kier alpha value is -2.10. The van der Waals surface area contributed by atoms with Crippen LogP contribution in [0.5, 0.6) is 0 Å². The molecule has 4 heteroatoms. The van der Waals surface area contributed by atoms with E-state index in [9.17, 15) is 9.59 Å². The summed E-state index contributed by atoms with van der Waals surface area (Å²) in [5.74, 6) is -0.427. The topological polar surface area (TPSA) is 57.6 Å². The molecule has 0 radical (unpaired) electrons. The molecule has 1 amide bonds. The second-order valence-corrected chi connectivity index (χ2v) is 5.92. The van der Waals surface area contributed by atoms with Gasteiger partial charge in [0.05, 0.1) is 0 Å². The molecule has 0 aromatic heterocycles. The van der Waals surface area contributed by atoms with Gasteiger partial charge in [-0.3, -0.25) is 9.59 Å². The summed E-state index contributed by atoms with van der Waals surface area (Å²) in [6.07, 6.45) is 4.49. The molecule has 0 spiro atoms. The van der Waals surface area contributed by atoms with Crippen LogP contribution in [0.2, 0.25) is 0 Å². The first kappa shape index (κ1) is 16.3. The summed E-state index contributed by atoms with van der Waals surface area (Å²) in [7, 11) is 0. The highest BCUT2D eigenvalue weighted by Crippen LogP contribution is 2.22. The summed E-state index contributed by atoms with van der Waals surface area (Å²) in [5, 5.41) is 8.77. The van der Waals surface area contributed by atoms with Gasteiger partial charge in [0.25, 0.3) is 0 Å². The Morgan fingerprint density at radius 3 is 2.73 bits per heavy atom. The minimum Gasteiger partial charge on any atom is -0.481 e. The number of nitrogens with zero attached hydrogens (tertiary/aromatic N) is 1. The van der Waals surface area contributed by atoms with Crippen molar-refractivity contribution in [1.82, 2.24) is 4.90 Å². The van der Waals surface area contributed by atoms with Crippen molar-refractivity contribution in [2.45, 2.75) is 32.6 Å². The molecule has 1 aromatic rings. The fraction of sp³-hybridized carbons (Fsp3) is 0.444. The fourth-order valence-corrected chi connectivity index (χ4v) is 2.89. The molecule has 2 rings (SSSR count). The molecule has 1 N–H and O–H groups in total. The molecule has 1 fully saturated rings. The van der Waals surface area contributed by atoms with Crippen molar-refractivity contribution in [1.29, 1.82) is 0 Å². The van der Waals surface area contributed by atoms with Crippen LogP contribution >= 0.6 is 0 Å². The van der Waals surface area contributed by atoms with E-state index < -0.39 is 5.97 Å². The van der Waals surface area contributed by atoms with Gasteiger partial charge in [-0.05, 0) is 43.2 Å². The molecule has 4 nitrogen and oxygen atoms in total. The van der Waals surface area contributed by atoms with E-state index in [1.54, 1.807) is 6.08 Å². The summed E-state index contributed by atoms with van der Waals surface area (Å²) in [6, 6.07) is 9.85. The summed E-state index contributed by atoms with van der Waals surface area (Å²) in [6.45, 7) is 3.38. The van der Waals surface area contributed by atoms with E-state index in [1.807, 2.05) is 42.2 Å². The second-order valence-electron chi connectivity index (χ2n) is 5.92. The van der Waals surface area contributed by atoms with Crippen molar-refractivity contribution in [3.05, 3.63) is 42.0 Å². The number of benzene rings is 1. The van der Waals surface area contributed by atoms with Crippen molar-refractivity contribution < 1.29 is 14.7 Å². The first-order chi connectivity index (χ1) is 10.6. The van der Waals surface area contributed by atoms with Crippen LogP contribution in [0, 0.1) is 5.92 Å². The molecular weight excluding hydrogens is 278 g/mol. The maximum absolute atomic E-state index is 12.4. The quantitative estimate of drug-likeness (QED) is 0.850. The van der Waals surface area contributed by atoms with Gasteiger partial charge in [-0.15, -0.1) is 0 Å². The molecule has 1 saturated heterocycles. The van der Waals surface area contributed by atoms with Crippen molar-refractivity contribution in [2.24, 2.45) is 5.92 Å². The maximum Gasteiger partial charge on any atom is 0.303 e. The average Bonchev–Trinajstić information content (AvgIpc) is 2.54. The summed E-state index contributed by atoms with van der Waals surface area (Å²) in [5.41, 5.74) is 2.01. The number of allylic oxidation sites excluding steroid dienone is 1. The van der Waals surface area contributed by atoms with Gasteiger partial charge < -0.3 is 10.0 Å². The van der Waals surface area contributed by atoms with Crippen LogP contribution in [0.15, 0.2) is 36.4 Å². The van der Waals surface area contributed by atoms with E-state index in [4.69, 9.17) is 5.11 Å². The number of amides is 1. The first-order valence-corrected chi connectivity index (χ1v) is 7.80. The number of hydrogen-bond acceptors (Lipinski definition) is 2.